The highest BCUT2D eigenvalue weighted by atomic mass is 16.5. The first-order valence-corrected chi connectivity index (χ1v) is 10.8. The van der Waals surface area contributed by atoms with Crippen molar-refractivity contribution >= 4 is 5.57 Å². The predicted molar refractivity (Wildman–Crippen MR) is 115 cm³/mol. The van der Waals surface area contributed by atoms with E-state index in [2.05, 4.69) is 39.5 Å². The van der Waals surface area contributed by atoms with Crippen LogP contribution in [0.25, 0.3) is 5.57 Å². The van der Waals surface area contributed by atoms with Gasteiger partial charge in [0.1, 0.15) is 5.75 Å². The van der Waals surface area contributed by atoms with E-state index >= 15 is 0 Å². The average Bonchev–Trinajstić information content (AvgIpc) is 3.06. The number of aliphatic hydroxyl groups excluding tert-OH is 1. The molecular weight excluding hydrogens is 360 g/mol. The van der Waals surface area contributed by atoms with Gasteiger partial charge in [0.25, 0.3) is 0 Å². The van der Waals surface area contributed by atoms with Crippen molar-refractivity contribution in [3.63, 3.8) is 0 Å². The molecule has 1 heterocycles. The predicted octanol–water partition coefficient (Wildman–Crippen LogP) is 4.99. The molecule has 2 aromatic carbocycles. The SMILES string of the molecule is C=C1c2cc(C)c(O)cc2Cc2cc(C)c3c(c21)CC1C3OC(CC)C(C)C1O. The Labute approximate surface area is 173 Å². The van der Waals surface area contributed by atoms with Crippen LogP contribution >= 0.6 is 0 Å². The molecule has 5 rings (SSSR count). The van der Waals surface area contributed by atoms with Gasteiger partial charge in [-0.2, -0.15) is 0 Å². The van der Waals surface area contributed by atoms with Gasteiger partial charge in [0, 0.05) is 11.8 Å². The first-order chi connectivity index (χ1) is 13.8. The quantitative estimate of drug-likeness (QED) is 0.615. The molecule has 0 spiro atoms. The zero-order valence-electron chi connectivity index (χ0n) is 17.7. The third-order valence-corrected chi connectivity index (χ3v) is 7.59. The van der Waals surface area contributed by atoms with Gasteiger partial charge in [-0.3, -0.25) is 0 Å². The van der Waals surface area contributed by atoms with Crippen molar-refractivity contribution in [2.75, 3.05) is 0 Å². The maximum atomic E-state index is 11.1. The maximum Gasteiger partial charge on any atom is 0.118 e. The summed E-state index contributed by atoms with van der Waals surface area (Å²) in [6.45, 7) is 12.8. The van der Waals surface area contributed by atoms with Crippen LogP contribution < -0.4 is 0 Å². The van der Waals surface area contributed by atoms with E-state index in [4.69, 9.17) is 4.74 Å². The van der Waals surface area contributed by atoms with Gasteiger partial charge in [-0.15, -0.1) is 0 Å². The van der Waals surface area contributed by atoms with Crippen molar-refractivity contribution in [1.82, 2.24) is 0 Å². The molecule has 2 aromatic rings. The summed E-state index contributed by atoms with van der Waals surface area (Å²) in [7, 11) is 0. The van der Waals surface area contributed by atoms with E-state index in [-0.39, 0.29) is 30.1 Å². The third kappa shape index (κ3) is 2.57. The molecule has 5 unspecified atom stereocenters. The summed E-state index contributed by atoms with van der Waals surface area (Å²) < 4.78 is 6.56. The second-order valence-corrected chi connectivity index (χ2v) is 9.29. The molecule has 3 aliphatic rings. The normalized spacial score (nSPS) is 29.8. The summed E-state index contributed by atoms with van der Waals surface area (Å²) >= 11 is 0. The van der Waals surface area contributed by atoms with E-state index in [1.165, 1.54) is 27.8 Å². The fourth-order valence-electron chi connectivity index (χ4n) is 6.02. The standard InChI is InChI=1S/C26H30O3/c1-6-22-15(5)25(28)20-11-19-23(26(20)29-22)13(3)7-17-9-16-10-21(27)12(2)8-18(16)14(4)24(17)19/h7-8,10,15,20,22,25-28H,4,6,9,11H2,1-3,5H3. The first-order valence-electron chi connectivity index (χ1n) is 10.8. The Hall–Kier alpha value is -2.10. The molecule has 152 valence electrons. The van der Waals surface area contributed by atoms with Crippen LogP contribution in [0.1, 0.15) is 70.9 Å². The fourth-order valence-corrected chi connectivity index (χ4v) is 6.02. The average molecular weight is 391 g/mol. The third-order valence-electron chi connectivity index (χ3n) is 7.59. The van der Waals surface area contributed by atoms with Crippen LogP contribution in [-0.4, -0.2) is 22.4 Å². The lowest BCUT2D eigenvalue weighted by molar-refractivity contribution is -0.165. The molecule has 0 amide bonds. The second kappa shape index (κ2) is 6.45. The Morgan fingerprint density at radius 1 is 1.14 bits per heavy atom. The minimum Gasteiger partial charge on any atom is -0.508 e. The second-order valence-electron chi connectivity index (χ2n) is 9.29. The van der Waals surface area contributed by atoms with Crippen LogP contribution in [0.5, 0.6) is 5.75 Å². The van der Waals surface area contributed by atoms with Crippen LogP contribution in [-0.2, 0) is 17.6 Å². The molecule has 0 saturated carbocycles. The zero-order chi connectivity index (χ0) is 20.6. The molecule has 3 heteroatoms. The van der Waals surface area contributed by atoms with Gasteiger partial charge in [0.15, 0.2) is 0 Å². The van der Waals surface area contributed by atoms with Gasteiger partial charge in [0.05, 0.1) is 18.3 Å². The number of aliphatic hydroxyl groups is 1. The molecule has 2 aliphatic carbocycles. The summed E-state index contributed by atoms with van der Waals surface area (Å²) in [6, 6.07) is 6.22. The van der Waals surface area contributed by atoms with Gasteiger partial charge < -0.3 is 14.9 Å². The summed E-state index contributed by atoms with van der Waals surface area (Å²) in [6.07, 6.45) is 2.30. The van der Waals surface area contributed by atoms with Crippen LogP contribution in [0, 0.1) is 25.7 Å². The number of hydrogen-bond donors (Lipinski definition) is 2. The van der Waals surface area contributed by atoms with Crippen LogP contribution in [0.3, 0.4) is 0 Å². The fraction of sp³-hybridized carbons (Fsp3) is 0.462. The molecule has 3 nitrogen and oxygen atoms in total. The number of ether oxygens (including phenoxy) is 1. The van der Waals surface area contributed by atoms with E-state index in [0.717, 1.165) is 41.5 Å². The van der Waals surface area contributed by atoms with Gasteiger partial charge >= 0.3 is 0 Å². The number of benzene rings is 2. The number of phenolic OH excluding ortho intramolecular Hbond substituents is 1. The summed E-state index contributed by atoms with van der Waals surface area (Å²) in [5.74, 6) is 0.616. The highest BCUT2D eigenvalue weighted by molar-refractivity contribution is 5.87. The smallest absolute Gasteiger partial charge is 0.118 e. The Morgan fingerprint density at radius 2 is 1.90 bits per heavy atom. The Balaban J connectivity index is 1.65. The van der Waals surface area contributed by atoms with E-state index in [1.807, 2.05) is 13.0 Å². The summed E-state index contributed by atoms with van der Waals surface area (Å²) in [5, 5.41) is 21.3. The van der Waals surface area contributed by atoms with Crippen molar-refractivity contribution in [3.8, 4) is 5.75 Å². The Bertz CT molecular complexity index is 1030. The van der Waals surface area contributed by atoms with E-state index in [1.54, 1.807) is 0 Å². The molecule has 29 heavy (non-hydrogen) atoms. The Kier molecular flexibility index (Phi) is 4.20. The van der Waals surface area contributed by atoms with Crippen molar-refractivity contribution in [3.05, 3.63) is 69.3 Å². The van der Waals surface area contributed by atoms with Crippen LogP contribution in [0.2, 0.25) is 0 Å². The van der Waals surface area contributed by atoms with Crippen molar-refractivity contribution < 1.29 is 14.9 Å². The first kappa shape index (κ1) is 18.9. The number of fused-ring (bicyclic) bond motifs is 6. The highest BCUT2D eigenvalue weighted by Gasteiger charge is 2.48. The minimum atomic E-state index is -0.343. The van der Waals surface area contributed by atoms with Crippen molar-refractivity contribution in [1.29, 1.82) is 0 Å². The van der Waals surface area contributed by atoms with Gasteiger partial charge in [0.2, 0.25) is 0 Å². The molecule has 0 bridgehead atoms. The zero-order valence-corrected chi connectivity index (χ0v) is 17.7. The lowest BCUT2D eigenvalue weighted by Gasteiger charge is -2.41. The molecule has 5 atom stereocenters. The molecule has 1 aliphatic heterocycles. The number of aryl methyl sites for hydroxylation is 2. The molecule has 1 fully saturated rings. The molecule has 0 radical (unpaired) electrons. The Morgan fingerprint density at radius 3 is 2.62 bits per heavy atom. The molecule has 1 saturated heterocycles. The van der Waals surface area contributed by atoms with Crippen LogP contribution in [0.15, 0.2) is 24.8 Å². The maximum absolute atomic E-state index is 11.1. The van der Waals surface area contributed by atoms with E-state index < -0.39 is 0 Å². The van der Waals surface area contributed by atoms with E-state index in [9.17, 15) is 10.2 Å². The summed E-state index contributed by atoms with van der Waals surface area (Å²) in [4.78, 5) is 0. The highest BCUT2D eigenvalue weighted by Crippen LogP contribution is 2.53. The molecule has 2 N–H and O–H groups in total. The largest absolute Gasteiger partial charge is 0.508 e. The lowest BCUT2D eigenvalue weighted by atomic mass is 9.78. The summed E-state index contributed by atoms with van der Waals surface area (Å²) in [5.41, 5.74) is 10.5. The number of hydrogen-bond acceptors (Lipinski definition) is 3. The number of rotatable bonds is 1. The van der Waals surface area contributed by atoms with Gasteiger partial charge in [-0.25, -0.2) is 0 Å². The minimum absolute atomic E-state index is 0.0257. The number of phenols is 1. The van der Waals surface area contributed by atoms with Crippen molar-refractivity contribution in [2.24, 2.45) is 11.8 Å². The van der Waals surface area contributed by atoms with E-state index in [0.29, 0.717) is 5.75 Å². The number of aromatic hydroxyl groups is 1. The molecular formula is C26H30O3. The van der Waals surface area contributed by atoms with Gasteiger partial charge in [-0.1, -0.05) is 26.5 Å². The van der Waals surface area contributed by atoms with Crippen LogP contribution in [0.4, 0.5) is 0 Å². The van der Waals surface area contributed by atoms with Gasteiger partial charge in [-0.05, 0) is 95.3 Å². The topological polar surface area (TPSA) is 49.7 Å². The lowest BCUT2D eigenvalue weighted by Crippen LogP contribution is -2.44. The molecule has 0 aromatic heterocycles. The van der Waals surface area contributed by atoms with Crippen molar-refractivity contribution in [2.45, 2.75) is 65.3 Å². The monoisotopic (exact) mass is 390 g/mol.